The summed E-state index contributed by atoms with van der Waals surface area (Å²) in [5, 5.41) is 20.5. The van der Waals surface area contributed by atoms with Crippen LogP contribution in [-0.4, -0.2) is 27.5 Å². The lowest BCUT2D eigenvalue weighted by Crippen LogP contribution is -2.28. The van der Waals surface area contributed by atoms with Crippen molar-refractivity contribution in [3.8, 4) is 6.07 Å². The molecule has 1 amide bonds. The van der Waals surface area contributed by atoms with E-state index in [4.69, 9.17) is 10.4 Å². The van der Waals surface area contributed by atoms with E-state index in [9.17, 15) is 9.59 Å². The lowest BCUT2D eigenvalue weighted by atomic mass is 10.2. The third kappa shape index (κ3) is 4.59. The molecular weight excluding hydrogens is 276 g/mol. The van der Waals surface area contributed by atoms with E-state index in [1.807, 2.05) is 6.07 Å². The highest BCUT2D eigenvalue weighted by molar-refractivity contribution is 8.01. The molecule has 0 aliphatic heterocycles. The first kappa shape index (κ1) is 16.1. The predicted octanol–water partition coefficient (Wildman–Crippen LogP) is 2.48. The van der Waals surface area contributed by atoms with Gasteiger partial charge in [0.05, 0.1) is 11.3 Å². The number of benzene rings is 1. The van der Waals surface area contributed by atoms with E-state index in [-0.39, 0.29) is 12.3 Å². The van der Waals surface area contributed by atoms with Crippen molar-refractivity contribution in [3.05, 3.63) is 29.8 Å². The summed E-state index contributed by atoms with van der Waals surface area (Å²) in [7, 11) is 0. The summed E-state index contributed by atoms with van der Waals surface area (Å²) >= 11 is 1.21. The molecule has 5 nitrogen and oxygen atoms in total. The fourth-order valence-corrected chi connectivity index (χ4v) is 2.28. The fraction of sp³-hybridized carbons (Fsp3) is 0.357. The molecule has 1 aromatic rings. The number of para-hydroxylation sites is 1. The zero-order chi connectivity index (χ0) is 15.2. The van der Waals surface area contributed by atoms with Gasteiger partial charge in [-0.2, -0.15) is 5.26 Å². The van der Waals surface area contributed by atoms with Crippen molar-refractivity contribution in [1.82, 2.24) is 0 Å². The average Bonchev–Trinajstić information content (AvgIpc) is 2.39. The molecule has 106 valence electrons. The molecule has 20 heavy (non-hydrogen) atoms. The number of nitriles is 1. The lowest BCUT2D eigenvalue weighted by molar-refractivity contribution is -0.138. The van der Waals surface area contributed by atoms with Crippen LogP contribution in [0.25, 0.3) is 0 Å². The maximum atomic E-state index is 11.8. The van der Waals surface area contributed by atoms with Gasteiger partial charge in [0.25, 0.3) is 0 Å². The molecule has 0 aliphatic carbocycles. The number of aliphatic carboxylic acids is 1. The molecular formula is C14H16N2O3S. The van der Waals surface area contributed by atoms with E-state index in [1.54, 1.807) is 38.1 Å². The van der Waals surface area contributed by atoms with Crippen molar-refractivity contribution in [2.24, 2.45) is 0 Å². The molecule has 0 spiro atoms. The van der Waals surface area contributed by atoms with Crippen LogP contribution in [0.15, 0.2) is 24.3 Å². The van der Waals surface area contributed by atoms with Gasteiger partial charge in [0.2, 0.25) is 5.91 Å². The summed E-state index contributed by atoms with van der Waals surface area (Å²) in [6.07, 6.45) is 0.196. The molecule has 0 saturated heterocycles. The smallest absolute Gasteiger partial charge is 0.319 e. The molecule has 0 saturated carbocycles. The number of hydrogen-bond acceptors (Lipinski definition) is 4. The number of nitrogens with zero attached hydrogens (tertiary/aromatic N) is 1. The predicted molar refractivity (Wildman–Crippen MR) is 78.6 cm³/mol. The summed E-state index contributed by atoms with van der Waals surface area (Å²) in [4.78, 5) is 22.7. The Morgan fingerprint density at radius 2 is 2.05 bits per heavy atom. The maximum absolute atomic E-state index is 11.8. The first-order valence-corrected chi connectivity index (χ1v) is 7.01. The molecule has 0 unspecified atom stereocenters. The molecule has 0 bridgehead atoms. The van der Waals surface area contributed by atoms with Crippen molar-refractivity contribution < 1.29 is 14.7 Å². The van der Waals surface area contributed by atoms with Gasteiger partial charge < -0.3 is 10.4 Å². The zero-order valence-electron chi connectivity index (χ0n) is 11.3. The second-order valence-corrected chi connectivity index (χ2v) is 6.34. The summed E-state index contributed by atoms with van der Waals surface area (Å²) in [5.74, 6) is -0.737. The average molecular weight is 292 g/mol. The molecule has 0 atom stereocenters. The van der Waals surface area contributed by atoms with Crippen molar-refractivity contribution in [3.63, 3.8) is 0 Å². The Morgan fingerprint density at radius 3 is 2.65 bits per heavy atom. The van der Waals surface area contributed by atoms with Crippen molar-refractivity contribution in [1.29, 1.82) is 5.26 Å². The van der Waals surface area contributed by atoms with Gasteiger partial charge in [-0.25, -0.2) is 0 Å². The summed E-state index contributed by atoms with van der Waals surface area (Å²) in [6.45, 7) is 3.20. The van der Waals surface area contributed by atoms with Gasteiger partial charge in [0.1, 0.15) is 10.8 Å². The van der Waals surface area contributed by atoms with Gasteiger partial charge in [-0.3, -0.25) is 9.59 Å². The van der Waals surface area contributed by atoms with E-state index >= 15 is 0 Å². The second kappa shape index (κ2) is 6.96. The monoisotopic (exact) mass is 292 g/mol. The Morgan fingerprint density at radius 1 is 1.40 bits per heavy atom. The number of carbonyl (C=O) groups excluding carboxylic acids is 1. The van der Waals surface area contributed by atoms with Gasteiger partial charge >= 0.3 is 5.97 Å². The van der Waals surface area contributed by atoms with Crippen LogP contribution in [0.2, 0.25) is 0 Å². The third-order valence-corrected chi connectivity index (χ3v) is 3.93. The highest BCUT2D eigenvalue weighted by Crippen LogP contribution is 2.25. The van der Waals surface area contributed by atoms with Crippen molar-refractivity contribution in [2.75, 3.05) is 11.1 Å². The highest BCUT2D eigenvalue weighted by atomic mass is 32.2. The number of hydrogen-bond donors (Lipinski definition) is 2. The van der Waals surface area contributed by atoms with E-state index in [0.717, 1.165) is 0 Å². The molecule has 6 heteroatoms. The van der Waals surface area contributed by atoms with Crippen LogP contribution >= 0.6 is 11.8 Å². The molecule has 0 radical (unpaired) electrons. The second-order valence-electron chi connectivity index (χ2n) is 4.62. The molecule has 0 aliphatic rings. The minimum Gasteiger partial charge on any atom is -0.480 e. The zero-order valence-corrected chi connectivity index (χ0v) is 12.2. The molecule has 1 rings (SSSR count). The third-order valence-electron chi connectivity index (χ3n) is 2.63. The largest absolute Gasteiger partial charge is 0.480 e. The van der Waals surface area contributed by atoms with Crippen LogP contribution in [0.4, 0.5) is 5.69 Å². The van der Waals surface area contributed by atoms with Gasteiger partial charge in [0, 0.05) is 12.2 Å². The van der Waals surface area contributed by atoms with Gasteiger partial charge in [0.15, 0.2) is 0 Å². The van der Waals surface area contributed by atoms with Gasteiger partial charge in [-0.1, -0.05) is 12.1 Å². The van der Waals surface area contributed by atoms with E-state index < -0.39 is 10.7 Å². The number of carboxylic acids is 1. The van der Waals surface area contributed by atoms with E-state index in [0.29, 0.717) is 17.0 Å². The number of nitrogens with one attached hydrogen (secondary N) is 1. The van der Waals surface area contributed by atoms with Crippen LogP contribution in [0.3, 0.4) is 0 Å². The SMILES string of the molecule is CC(C)(SCCC(=O)Nc1ccccc1C#N)C(=O)O. The Balaban J connectivity index is 2.49. The Bertz CT molecular complexity index is 550. The molecule has 1 aromatic carbocycles. The number of amides is 1. The van der Waals surface area contributed by atoms with Crippen LogP contribution in [0, 0.1) is 11.3 Å². The van der Waals surface area contributed by atoms with Crippen molar-refractivity contribution >= 4 is 29.3 Å². The number of thioether (sulfide) groups is 1. The van der Waals surface area contributed by atoms with Crippen molar-refractivity contribution in [2.45, 2.75) is 25.0 Å². The lowest BCUT2D eigenvalue weighted by Gasteiger charge is -2.18. The Hall–Kier alpha value is -2.00. The summed E-state index contributed by atoms with van der Waals surface area (Å²) < 4.78 is -0.912. The number of carboxylic acid groups (broad SMARTS) is 1. The first-order valence-electron chi connectivity index (χ1n) is 6.03. The molecule has 2 N–H and O–H groups in total. The Labute approximate surface area is 122 Å². The van der Waals surface area contributed by atoms with Crippen LogP contribution in [0.5, 0.6) is 0 Å². The minimum absolute atomic E-state index is 0.196. The summed E-state index contributed by atoms with van der Waals surface area (Å²) in [6, 6.07) is 8.74. The van der Waals surface area contributed by atoms with E-state index in [2.05, 4.69) is 5.32 Å². The number of anilines is 1. The van der Waals surface area contributed by atoms with Crippen LogP contribution in [-0.2, 0) is 9.59 Å². The summed E-state index contributed by atoms with van der Waals surface area (Å²) in [5.41, 5.74) is 0.877. The van der Waals surface area contributed by atoms with Crippen LogP contribution in [0.1, 0.15) is 25.8 Å². The normalized spacial score (nSPS) is 10.7. The van der Waals surface area contributed by atoms with Gasteiger partial charge in [-0.15, -0.1) is 11.8 Å². The van der Waals surface area contributed by atoms with Crippen LogP contribution < -0.4 is 5.32 Å². The number of rotatable bonds is 6. The minimum atomic E-state index is -0.912. The van der Waals surface area contributed by atoms with E-state index in [1.165, 1.54) is 11.8 Å². The topological polar surface area (TPSA) is 90.2 Å². The first-order chi connectivity index (χ1) is 9.36. The highest BCUT2D eigenvalue weighted by Gasteiger charge is 2.27. The molecule has 0 aromatic heterocycles. The standard InChI is InChI=1S/C14H16N2O3S/c1-14(2,13(18)19)20-8-7-12(17)16-11-6-4-3-5-10(11)9-15/h3-6H,7-8H2,1-2H3,(H,16,17)(H,18,19). The molecule has 0 fully saturated rings. The maximum Gasteiger partial charge on any atom is 0.319 e. The quantitative estimate of drug-likeness (QED) is 0.840. The fourth-order valence-electron chi connectivity index (χ4n) is 1.36. The Kier molecular flexibility index (Phi) is 5.59. The van der Waals surface area contributed by atoms with Gasteiger partial charge in [-0.05, 0) is 26.0 Å². The number of carbonyl (C=O) groups is 2. The molecule has 0 heterocycles.